The average molecular weight is 607 g/mol. The Hall–Kier alpha value is -3.23. The minimum absolute atomic E-state index is 0.00977. The number of fused-ring (bicyclic) bond motifs is 1. The van der Waals surface area contributed by atoms with Crippen LogP contribution in [0.4, 0.5) is 5.95 Å². The fourth-order valence-corrected chi connectivity index (χ4v) is 7.20. The van der Waals surface area contributed by atoms with Crippen LogP contribution in [0.25, 0.3) is 22.3 Å². The molecule has 0 bridgehead atoms. The van der Waals surface area contributed by atoms with E-state index in [1.165, 1.54) is 10.9 Å². The van der Waals surface area contributed by atoms with Crippen molar-refractivity contribution in [1.29, 1.82) is 0 Å². The van der Waals surface area contributed by atoms with Crippen LogP contribution in [0.1, 0.15) is 11.8 Å². The molecular weight excluding hydrogens is 580 g/mol. The first-order valence-electron chi connectivity index (χ1n) is 12.2. The molecule has 1 fully saturated rings. The summed E-state index contributed by atoms with van der Waals surface area (Å²) in [5, 5.41) is 34.2. The average Bonchev–Trinajstić information content (AvgIpc) is 3.39. The van der Waals surface area contributed by atoms with Crippen LogP contribution in [0.3, 0.4) is 0 Å². The highest BCUT2D eigenvalue weighted by atomic mass is 31.2. The Morgan fingerprint density at radius 1 is 1.00 bits per heavy atom. The van der Waals surface area contributed by atoms with E-state index in [0.29, 0.717) is 0 Å². The summed E-state index contributed by atoms with van der Waals surface area (Å²) in [6.45, 7) is -0.561. The second kappa shape index (κ2) is 11.2. The van der Waals surface area contributed by atoms with Gasteiger partial charge in [-0.3, -0.25) is 13.7 Å². The van der Waals surface area contributed by atoms with Gasteiger partial charge in [-0.1, -0.05) is 59.6 Å². The second-order valence-corrected chi connectivity index (χ2v) is 13.6. The van der Waals surface area contributed by atoms with Crippen molar-refractivity contribution >= 4 is 32.3 Å². The lowest BCUT2D eigenvalue weighted by molar-refractivity contribution is -0.745. The highest BCUT2D eigenvalue weighted by molar-refractivity contribution is 7.70. The molecule has 2 aromatic carbocycles. The lowest BCUT2D eigenvalue weighted by Crippen LogP contribution is -2.46. The number of aromatic nitrogens is 4. The van der Waals surface area contributed by atoms with E-state index in [2.05, 4.69) is 9.97 Å². The molecule has 15 nitrogen and oxygen atoms in total. The summed E-state index contributed by atoms with van der Waals surface area (Å²) in [4.78, 5) is 35.5. The fraction of sp³-hybridized carbons (Fsp3) is 0.292. The Morgan fingerprint density at radius 3 is 2.32 bits per heavy atom. The summed E-state index contributed by atoms with van der Waals surface area (Å²) < 4.78 is 36.4. The molecule has 0 radical (unpaired) electrons. The van der Waals surface area contributed by atoms with Crippen molar-refractivity contribution in [2.75, 3.05) is 18.2 Å². The number of aliphatic hydroxyl groups excluding tert-OH is 2. The van der Waals surface area contributed by atoms with Crippen molar-refractivity contribution in [1.82, 2.24) is 14.5 Å². The third-order valence-electron chi connectivity index (χ3n) is 6.48. The number of imidazole rings is 1. The Kier molecular flexibility index (Phi) is 8.01. The van der Waals surface area contributed by atoms with E-state index < -0.39 is 58.1 Å². The maximum absolute atomic E-state index is 12.9. The van der Waals surface area contributed by atoms with Gasteiger partial charge in [0.05, 0.1) is 13.2 Å². The highest BCUT2D eigenvalue weighted by Crippen LogP contribution is 2.55. The first-order valence-corrected chi connectivity index (χ1v) is 15.8. The summed E-state index contributed by atoms with van der Waals surface area (Å²) in [6.07, 6.45) is -4.49. The topological polar surface area (TPSA) is 237 Å². The van der Waals surface area contributed by atoms with Gasteiger partial charge in [0.2, 0.25) is 6.23 Å². The Labute approximate surface area is 232 Å². The molecule has 3 heterocycles. The van der Waals surface area contributed by atoms with Crippen LogP contribution >= 0.6 is 15.2 Å². The van der Waals surface area contributed by atoms with Gasteiger partial charge in [0, 0.05) is 5.88 Å². The number of anilines is 1. The summed E-state index contributed by atoms with van der Waals surface area (Å²) in [6, 6.07) is 17.4. The Morgan fingerprint density at radius 2 is 1.66 bits per heavy atom. The van der Waals surface area contributed by atoms with Crippen molar-refractivity contribution in [3.05, 3.63) is 66.5 Å². The molecule has 1 aliphatic rings. The molecule has 17 heteroatoms. The van der Waals surface area contributed by atoms with E-state index in [9.17, 15) is 29.3 Å². The number of nitrogen functional groups attached to an aromatic ring is 1. The van der Waals surface area contributed by atoms with Gasteiger partial charge in [0.1, 0.15) is 18.3 Å². The van der Waals surface area contributed by atoms with Crippen molar-refractivity contribution in [3.63, 3.8) is 0 Å². The van der Waals surface area contributed by atoms with Crippen LogP contribution in [-0.4, -0.2) is 70.3 Å². The molecule has 1 unspecified atom stereocenters. The molecule has 1 aliphatic heterocycles. The van der Waals surface area contributed by atoms with Crippen molar-refractivity contribution in [2.45, 2.75) is 31.1 Å². The van der Waals surface area contributed by atoms with Gasteiger partial charge >= 0.3 is 20.8 Å². The Bertz CT molecular complexity index is 1650. The van der Waals surface area contributed by atoms with Gasteiger partial charge in [0.25, 0.3) is 5.95 Å². The van der Waals surface area contributed by atoms with Gasteiger partial charge in [-0.15, -0.1) is 0 Å². The third kappa shape index (κ3) is 6.49. The van der Waals surface area contributed by atoms with Crippen molar-refractivity contribution < 1.29 is 53.0 Å². The predicted molar refractivity (Wildman–Crippen MR) is 141 cm³/mol. The second-order valence-electron chi connectivity index (χ2n) is 9.56. The zero-order chi connectivity index (χ0) is 29.5. The minimum Gasteiger partial charge on any atom is -0.856 e. The third-order valence-corrected chi connectivity index (χ3v) is 9.93. The van der Waals surface area contributed by atoms with Crippen LogP contribution < -0.4 is 15.4 Å². The zero-order valence-corrected chi connectivity index (χ0v) is 23.0. The molecule has 2 aromatic heterocycles. The molecular formula is C24H27N5O10P2. The quantitative estimate of drug-likeness (QED) is 0.109. The normalized spacial score (nSPS) is 22.7. The number of ether oxygens (including phenoxy) is 1. The maximum atomic E-state index is 12.9. The standard InChI is InChI=1S/C24H27N5O10P2/c25-24-26-21-18(22(32)27-24)28(10-14-6-8-16(9-7-14)15-4-2-1-3-5-15)12-29(21)23-20(31)19(30)17(39-23)11-38-41(36,37)13-40(33,34)35/h1-9,12,17,19-20,23,30-31H,10-11,13H2,(H5-,25,26,27,32,33,34,35,36,37)/t17-,19-,20-,23-/m1/s1. The van der Waals surface area contributed by atoms with Crippen LogP contribution in [-0.2, 0) is 24.9 Å². The fourth-order valence-electron chi connectivity index (χ4n) is 4.63. The SMILES string of the molecule is Nc1nc([O-])c2c(n1)[n+]([C@@H]1O[C@H](COP(=O)(O)CP(=O)(O)O)[C@@H](O)[C@H]1O)cn2Cc1ccc(-c2ccccc2)cc1. The predicted octanol–water partition coefficient (Wildman–Crippen LogP) is 0.0463. The number of nitrogens with zero attached hydrogens (tertiary/aromatic N) is 4. The number of benzene rings is 2. The van der Waals surface area contributed by atoms with Gasteiger partial charge < -0.3 is 45.0 Å². The summed E-state index contributed by atoms with van der Waals surface area (Å²) in [5.74, 6) is -2.43. The van der Waals surface area contributed by atoms with Gasteiger partial charge in [-0.05, 0) is 16.7 Å². The molecule has 0 saturated carbocycles. The number of nitrogens with two attached hydrogens (primary N) is 1. The van der Waals surface area contributed by atoms with Crippen LogP contribution in [0, 0.1) is 0 Å². The van der Waals surface area contributed by atoms with E-state index in [4.69, 9.17) is 24.8 Å². The van der Waals surface area contributed by atoms with E-state index >= 15 is 0 Å². The van der Waals surface area contributed by atoms with E-state index in [0.717, 1.165) is 16.7 Å². The van der Waals surface area contributed by atoms with E-state index in [1.807, 2.05) is 54.6 Å². The Balaban J connectivity index is 1.42. The molecule has 5 atom stereocenters. The molecule has 218 valence electrons. The number of hydrogen-bond donors (Lipinski definition) is 6. The summed E-state index contributed by atoms with van der Waals surface area (Å²) >= 11 is 0. The molecule has 1 saturated heterocycles. The van der Waals surface area contributed by atoms with Crippen LogP contribution in [0.15, 0.2) is 60.9 Å². The number of hydrogen-bond acceptors (Lipinski definition) is 10. The van der Waals surface area contributed by atoms with Crippen molar-refractivity contribution in [3.8, 4) is 17.0 Å². The zero-order valence-electron chi connectivity index (χ0n) is 21.2. The molecule has 0 aliphatic carbocycles. The van der Waals surface area contributed by atoms with Gasteiger partial charge in [-0.25, -0.2) is 9.55 Å². The van der Waals surface area contributed by atoms with Gasteiger partial charge in [0.15, 0.2) is 17.7 Å². The van der Waals surface area contributed by atoms with E-state index in [-0.39, 0.29) is 23.7 Å². The number of rotatable bonds is 9. The lowest BCUT2D eigenvalue weighted by Gasteiger charge is -2.17. The smallest absolute Gasteiger partial charge is 0.340 e. The molecule has 4 aromatic rings. The lowest BCUT2D eigenvalue weighted by atomic mass is 10.0. The summed E-state index contributed by atoms with van der Waals surface area (Å²) in [5.41, 5.74) is 8.65. The first-order chi connectivity index (χ1) is 19.3. The molecule has 7 N–H and O–H groups in total. The minimum atomic E-state index is -4.87. The van der Waals surface area contributed by atoms with Crippen molar-refractivity contribution in [2.24, 2.45) is 0 Å². The van der Waals surface area contributed by atoms with Gasteiger partial charge in [-0.2, -0.15) is 0 Å². The number of aliphatic hydroxyl groups is 2. The molecule has 41 heavy (non-hydrogen) atoms. The monoisotopic (exact) mass is 607 g/mol. The molecule has 0 spiro atoms. The largest absolute Gasteiger partial charge is 0.856 e. The molecule has 5 rings (SSSR count). The van der Waals surface area contributed by atoms with Crippen LogP contribution in [0.5, 0.6) is 5.88 Å². The van der Waals surface area contributed by atoms with E-state index in [1.54, 1.807) is 4.57 Å². The maximum Gasteiger partial charge on any atom is 0.340 e. The first kappa shape index (κ1) is 29.3. The molecule has 0 amide bonds. The summed E-state index contributed by atoms with van der Waals surface area (Å²) in [7, 11) is -9.61. The highest BCUT2D eigenvalue weighted by Gasteiger charge is 2.48. The van der Waals surface area contributed by atoms with Crippen LogP contribution in [0.2, 0.25) is 0 Å².